The van der Waals surface area contributed by atoms with E-state index in [1.54, 1.807) is 0 Å². The van der Waals surface area contributed by atoms with Crippen LogP contribution >= 0.6 is 0 Å². The van der Waals surface area contributed by atoms with Crippen LogP contribution in [0.5, 0.6) is 0 Å². The highest BCUT2D eigenvalue weighted by molar-refractivity contribution is 4.75. The zero-order valence-corrected chi connectivity index (χ0v) is 9.03. The fraction of sp³-hybridized carbons (Fsp3) is 0.909. The lowest BCUT2D eigenvalue weighted by atomic mass is 10.1. The van der Waals surface area contributed by atoms with Crippen molar-refractivity contribution in [3.63, 3.8) is 0 Å². The topological polar surface area (TPSA) is 42.2 Å². The van der Waals surface area contributed by atoms with Gasteiger partial charge < -0.3 is 9.47 Å². The number of nitrogens with zero attached hydrogens (tertiary/aromatic N) is 1. The van der Waals surface area contributed by atoms with E-state index < -0.39 is 0 Å². The normalized spacial score (nSPS) is 20.1. The SMILES string of the molecule is CC(CCC(C)OC1CC1)OCC#N. The summed E-state index contributed by atoms with van der Waals surface area (Å²) in [5, 5.41) is 8.32. The van der Waals surface area contributed by atoms with Crippen molar-refractivity contribution in [1.29, 1.82) is 5.26 Å². The molecular weight excluding hydrogens is 178 g/mol. The second-order valence-electron chi connectivity index (χ2n) is 4.00. The zero-order chi connectivity index (χ0) is 10.4. The molecule has 2 unspecified atom stereocenters. The molecule has 0 aromatic carbocycles. The Morgan fingerprint density at radius 1 is 1.29 bits per heavy atom. The summed E-state index contributed by atoms with van der Waals surface area (Å²) in [5.74, 6) is 0. The molecule has 0 heterocycles. The van der Waals surface area contributed by atoms with Crippen LogP contribution in [0.25, 0.3) is 0 Å². The number of hydrogen-bond acceptors (Lipinski definition) is 3. The van der Waals surface area contributed by atoms with E-state index >= 15 is 0 Å². The summed E-state index contributed by atoms with van der Waals surface area (Å²) in [7, 11) is 0. The Morgan fingerprint density at radius 2 is 1.93 bits per heavy atom. The standard InChI is InChI=1S/C11H19NO2/c1-9(13-8-7-12)3-4-10(2)14-11-5-6-11/h9-11H,3-6,8H2,1-2H3. The van der Waals surface area contributed by atoms with Gasteiger partial charge >= 0.3 is 0 Å². The number of nitriles is 1. The molecule has 14 heavy (non-hydrogen) atoms. The van der Waals surface area contributed by atoms with Crippen LogP contribution in [0.4, 0.5) is 0 Å². The molecule has 1 fully saturated rings. The van der Waals surface area contributed by atoms with Crippen molar-refractivity contribution in [2.45, 2.75) is 57.8 Å². The maximum atomic E-state index is 8.32. The molecule has 80 valence electrons. The molecule has 0 bridgehead atoms. The Hall–Kier alpha value is -0.590. The van der Waals surface area contributed by atoms with Gasteiger partial charge in [0.25, 0.3) is 0 Å². The average Bonchev–Trinajstić information content (AvgIpc) is 2.95. The van der Waals surface area contributed by atoms with E-state index in [9.17, 15) is 0 Å². The van der Waals surface area contributed by atoms with Crippen LogP contribution in [0.2, 0.25) is 0 Å². The van der Waals surface area contributed by atoms with E-state index in [-0.39, 0.29) is 12.7 Å². The Bertz CT molecular complexity index is 196. The minimum absolute atomic E-state index is 0.167. The second-order valence-corrected chi connectivity index (χ2v) is 4.00. The van der Waals surface area contributed by atoms with Crippen molar-refractivity contribution in [3.8, 4) is 6.07 Å². The van der Waals surface area contributed by atoms with Gasteiger partial charge in [0.1, 0.15) is 6.61 Å². The highest BCUT2D eigenvalue weighted by atomic mass is 16.5. The van der Waals surface area contributed by atoms with Gasteiger partial charge in [-0.05, 0) is 39.5 Å². The fourth-order valence-electron chi connectivity index (χ4n) is 1.33. The molecule has 0 aromatic heterocycles. The van der Waals surface area contributed by atoms with Gasteiger partial charge in [0.2, 0.25) is 0 Å². The van der Waals surface area contributed by atoms with Crippen molar-refractivity contribution < 1.29 is 9.47 Å². The summed E-state index contributed by atoms with van der Waals surface area (Å²) in [6, 6.07) is 1.97. The number of hydrogen-bond donors (Lipinski definition) is 0. The van der Waals surface area contributed by atoms with Crippen LogP contribution < -0.4 is 0 Å². The average molecular weight is 197 g/mol. The van der Waals surface area contributed by atoms with Crippen LogP contribution in [0.3, 0.4) is 0 Å². The van der Waals surface area contributed by atoms with Crippen molar-refractivity contribution in [1.82, 2.24) is 0 Å². The summed E-state index contributed by atoms with van der Waals surface area (Å²) < 4.78 is 10.9. The maximum Gasteiger partial charge on any atom is 0.134 e. The van der Waals surface area contributed by atoms with Crippen molar-refractivity contribution >= 4 is 0 Å². The molecule has 0 N–H and O–H groups in total. The van der Waals surface area contributed by atoms with Gasteiger partial charge in [-0.2, -0.15) is 5.26 Å². The lowest BCUT2D eigenvalue weighted by Crippen LogP contribution is -2.15. The summed E-state index contributed by atoms with van der Waals surface area (Å²) >= 11 is 0. The molecule has 0 aromatic rings. The first-order valence-electron chi connectivity index (χ1n) is 5.36. The van der Waals surface area contributed by atoms with Crippen LogP contribution in [-0.2, 0) is 9.47 Å². The molecule has 0 aliphatic heterocycles. The third-order valence-corrected chi connectivity index (χ3v) is 2.36. The third kappa shape index (κ3) is 5.21. The Labute approximate surface area is 86.0 Å². The lowest BCUT2D eigenvalue weighted by molar-refractivity contribution is 0.0253. The van der Waals surface area contributed by atoms with Gasteiger partial charge in [-0.15, -0.1) is 0 Å². The van der Waals surface area contributed by atoms with E-state index in [1.807, 2.05) is 13.0 Å². The summed E-state index contributed by atoms with van der Waals surface area (Å²) in [6.45, 7) is 4.30. The quantitative estimate of drug-likeness (QED) is 0.628. The van der Waals surface area contributed by atoms with Crippen LogP contribution in [-0.4, -0.2) is 24.9 Å². The molecule has 2 atom stereocenters. The largest absolute Gasteiger partial charge is 0.375 e. The van der Waals surface area contributed by atoms with Crippen LogP contribution in [0.1, 0.15) is 39.5 Å². The highest BCUT2D eigenvalue weighted by Crippen LogP contribution is 2.26. The second kappa shape index (κ2) is 6.00. The molecule has 1 saturated carbocycles. The van der Waals surface area contributed by atoms with Crippen molar-refractivity contribution in [3.05, 3.63) is 0 Å². The fourth-order valence-corrected chi connectivity index (χ4v) is 1.33. The summed E-state index contributed by atoms with van der Waals surface area (Å²) in [6.07, 6.45) is 5.46. The summed E-state index contributed by atoms with van der Waals surface area (Å²) in [4.78, 5) is 0. The van der Waals surface area contributed by atoms with Crippen molar-refractivity contribution in [2.24, 2.45) is 0 Å². The molecule has 3 heteroatoms. The molecule has 3 nitrogen and oxygen atoms in total. The highest BCUT2D eigenvalue weighted by Gasteiger charge is 2.24. The number of ether oxygens (including phenoxy) is 2. The molecule has 0 saturated heterocycles. The predicted octanol–water partition coefficient (Wildman–Crippen LogP) is 2.26. The predicted molar refractivity (Wildman–Crippen MR) is 53.8 cm³/mol. The zero-order valence-electron chi connectivity index (χ0n) is 9.03. The monoisotopic (exact) mass is 197 g/mol. The van der Waals surface area contributed by atoms with Gasteiger partial charge in [0, 0.05) is 0 Å². The van der Waals surface area contributed by atoms with Gasteiger partial charge in [0.05, 0.1) is 24.4 Å². The van der Waals surface area contributed by atoms with E-state index in [0.717, 1.165) is 12.8 Å². The molecule has 0 spiro atoms. The van der Waals surface area contributed by atoms with E-state index in [4.69, 9.17) is 14.7 Å². The van der Waals surface area contributed by atoms with Gasteiger partial charge in [-0.3, -0.25) is 0 Å². The van der Waals surface area contributed by atoms with Crippen molar-refractivity contribution in [2.75, 3.05) is 6.61 Å². The Morgan fingerprint density at radius 3 is 2.50 bits per heavy atom. The van der Waals surface area contributed by atoms with E-state index in [0.29, 0.717) is 12.2 Å². The molecule has 0 amide bonds. The molecule has 1 rings (SSSR count). The first-order chi connectivity index (χ1) is 6.72. The molecule has 1 aliphatic carbocycles. The molecule has 1 aliphatic rings. The van der Waals surface area contributed by atoms with Gasteiger partial charge in [-0.1, -0.05) is 0 Å². The third-order valence-electron chi connectivity index (χ3n) is 2.36. The maximum absolute atomic E-state index is 8.32. The molecule has 0 radical (unpaired) electrons. The molecular formula is C11H19NO2. The van der Waals surface area contributed by atoms with Crippen LogP contribution in [0.15, 0.2) is 0 Å². The lowest BCUT2D eigenvalue weighted by Gasteiger charge is -2.15. The first kappa shape index (κ1) is 11.5. The first-order valence-corrected chi connectivity index (χ1v) is 5.36. The Balaban J connectivity index is 1.97. The van der Waals surface area contributed by atoms with E-state index in [2.05, 4.69) is 6.92 Å². The van der Waals surface area contributed by atoms with E-state index in [1.165, 1.54) is 12.8 Å². The van der Waals surface area contributed by atoms with Gasteiger partial charge in [0.15, 0.2) is 0 Å². The smallest absolute Gasteiger partial charge is 0.134 e. The minimum Gasteiger partial charge on any atom is -0.375 e. The van der Waals surface area contributed by atoms with Gasteiger partial charge in [-0.25, -0.2) is 0 Å². The van der Waals surface area contributed by atoms with Crippen LogP contribution in [0, 0.1) is 11.3 Å². The summed E-state index contributed by atoms with van der Waals surface area (Å²) in [5.41, 5.74) is 0. The Kier molecular flexibility index (Phi) is 4.92. The number of rotatable bonds is 7. The minimum atomic E-state index is 0.167.